The van der Waals surface area contributed by atoms with E-state index in [0.717, 1.165) is 6.54 Å². The normalized spacial score (nSPS) is 16.3. The number of hydrogen-bond donors (Lipinski definition) is 1. The minimum absolute atomic E-state index is 0.156. The van der Waals surface area contributed by atoms with Crippen molar-refractivity contribution in [3.8, 4) is 0 Å². The molecule has 1 saturated carbocycles. The lowest BCUT2D eigenvalue weighted by Crippen LogP contribution is -2.32. The Morgan fingerprint density at radius 3 is 2.63 bits per heavy atom. The van der Waals surface area contributed by atoms with Gasteiger partial charge in [-0.1, -0.05) is 19.3 Å². The first-order valence-electron chi connectivity index (χ1n) is 6.88. The zero-order chi connectivity index (χ0) is 13.8. The number of nitrogen functional groups attached to an aromatic ring is 1. The van der Waals surface area contributed by atoms with Crippen molar-refractivity contribution in [2.45, 2.75) is 32.1 Å². The average molecular weight is 264 g/mol. The van der Waals surface area contributed by atoms with Crippen LogP contribution in [0.2, 0.25) is 0 Å². The predicted molar refractivity (Wildman–Crippen MR) is 74.3 cm³/mol. The molecular weight excluding hydrogens is 243 g/mol. The van der Waals surface area contributed by atoms with Crippen LogP contribution in [-0.2, 0) is 0 Å². The van der Waals surface area contributed by atoms with E-state index in [1.54, 1.807) is 11.9 Å². The lowest BCUT2D eigenvalue weighted by atomic mass is 9.89. The van der Waals surface area contributed by atoms with Gasteiger partial charge in [-0.05, 0) is 37.0 Å². The number of nitrogens with zero attached hydrogens (tertiary/aromatic N) is 1. The Labute approximate surface area is 113 Å². The van der Waals surface area contributed by atoms with Crippen LogP contribution < -0.4 is 5.73 Å². The summed E-state index contributed by atoms with van der Waals surface area (Å²) in [5, 5.41) is 0. The molecule has 0 atom stereocenters. The van der Waals surface area contributed by atoms with Crippen molar-refractivity contribution in [2.75, 3.05) is 19.3 Å². The Hall–Kier alpha value is -1.58. The largest absolute Gasteiger partial charge is 0.399 e. The molecule has 0 radical (unpaired) electrons. The van der Waals surface area contributed by atoms with Gasteiger partial charge in [-0.15, -0.1) is 0 Å². The molecule has 1 aromatic carbocycles. The summed E-state index contributed by atoms with van der Waals surface area (Å²) in [6.07, 6.45) is 6.17. The van der Waals surface area contributed by atoms with Crippen LogP contribution >= 0.6 is 0 Å². The van der Waals surface area contributed by atoms with Crippen LogP contribution in [0.25, 0.3) is 0 Å². The highest BCUT2D eigenvalue weighted by Crippen LogP contribution is 2.24. The number of hydrogen-bond acceptors (Lipinski definition) is 2. The van der Waals surface area contributed by atoms with Crippen molar-refractivity contribution in [3.05, 3.63) is 29.6 Å². The zero-order valence-electron chi connectivity index (χ0n) is 11.4. The first-order chi connectivity index (χ1) is 9.06. The smallest absolute Gasteiger partial charge is 0.253 e. The van der Waals surface area contributed by atoms with E-state index in [1.807, 2.05) is 0 Å². The van der Waals surface area contributed by atoms with Crippen molar-refractivity contribution < 1.29 is 9.18 Å². The molecule has 1 aliphatic carbocycles. The van der Waals surface area contributed by atoms with Gasteiger partial charge in [0.25, 0.3) is 5.91 Å². The van der Waals surface area contributed by atoms with E-state index in [2.05, 4.69) is 0 Å². The number of carbonyl (C=O) groups is 1. The lowest BCUT2D eigenvalue weighted by Gasteiger charge is -2.27. The fourth-order valence-electron chi connectivity index (χ4n) is 2.80. The molecule has 0 unspecified atom stereocenters. The monoisotopic (exact) mass is 264 g/mol. The third kappa shape index (κ3) is 3.69. The molecule has 0 saturated heterocycles. The molecule has 1 aliphatic rings. The molecular formula is C15H21FN2O. The van der Waals surface area contributed by atoms with Crippen LogP contribution in [0.15, 0.2) is 18.2 Å². The van der Waals surface area contributed by atoms with E-state index < -0.39 is 5.82 Å². The maximum absolute atomic E-state index is 13.3. The van der Waals surface area contributed by atoms with E-state index in [9.17, 15) is 9.18 Å². The van der Waals surface area contributed by atoms with Crippen LogP contribution in [0.1, 0.15) is 42.5 Å². The molecule has 1 amide bonds. The number of nitrogens with two attached hydrogens (primary N) is 1. The Morgan fingerprint density at radius 1 is 1.32 bits per heavy atom. The molecule has 19 heavy (non-hydrogen) atoms. The van der Waals surface area contributed by atoms with Crippen LogP contribution in [0, 0.1) is 11.7 Å². The van der Waals surface area contributed by atoms with E-state index in [1.165, 1.54) is 50.3 Å². The van der Waals surface area contributed by atoms with Crippen molar-refractivity contribution in [1.82, 2.24) is 4.90 Å². The second kappa shape index (κ2) is 6.04. The molecule has 1 fully saturated rings. The van der Waals surface area contributed by atoms with E-state index in [-0.39, 0.29) is 11.6 Å². The number of carbonyl (C=O) groups excluding carboxylic acids is 1. The molecule has 0 heterocycles. The Kier molecular flexibility index (Phi) is 4.40. The van der Waals surface area contributed by atoms with Gasteiger partial charge in [0.2, 0.25) is 0 Å². The second-order valence-electron chi connectivity index (χ2n) is 5.46. The summed E-state index contributed by atoms with van der Waals surface area (Å²) in [7, 11) is 1.78. The highest BCUT2D eigenvalue weighted by atomic mass is 19.1. The third-order valence-electron chi connectivity index (χ3n) is 3.77. The summed E-state index contributed by atoms with van der Waals surface area (Å²) in [5.74, 6) is -0.0419. The zero-order valence-corrected chi connectivity index (χ0v) is 11.4. The van der Waals surface area contributed by atoms with Crippen molar-refractivity contribution in [3.63, 3.8) is 0 Å². The maximum Gasteiger partial charge on any atom is 0.253 e. The summed E-state index contributed by atoms with van der Waals surface area (Å²) >= 11 is 0. The number of rotatable bonds is 3. The molecule has 4 heteroatoms. The van der Waals surface area contributed by atoms with Gasteiger partial charge in [0, 0.05) is 24.8 Å². The molecule has 2 N–H and O–H groups in total. The quantitative estimate of drug-likeness (QED) is 0.853. The molecule has 0 aromatic heterocycles. The van der Waals surface area contributed by atoms with Gasteiger partial charge in [0.05, 0.1) is 0 Å². The minimum atomic E-state index is -0.464. The molecule has 0 bridgehead atoms. The summed E-state index contributed by atoms with van der Waals surface area (Å²) in [6, 6.07) is 4.00. The van der Waals surface area contributed by atoms with Gasteiger partial charge in [-0.25, -0.2) is 4.39 Å². The standard InChI is InChI=1S/C15H21FN2O/c1-18(10-11-5-3-2-4-6-11)15(19)12-7-13(16)9-14(17)8-12/h7-9,11H,2-6,10,17H2,1H3. The molecule has 3 nitrogen and oxygen atoms in total. The number of amides is 1. The van der Waals surface area contributed by atoms with E-state index in [4.69, 9.17) is 5.73 Å². The molecule has 0 spiro atoms. The molecule has 2 rings (SSSR count). The highest BCUT2D eigenvalue weighted by Gasteiger charge is 2.19. The van der Waals surface area contributed by atoms with Gasteiger partial charge in [0.15, 0.2) is 0 Å². The van der Waals surface area contributed by atoms with Crippen LogP contribution in [0.5, 0.6) is 0 Å². The SMILES string of the molecule is CN(CC1CCCCC1)C(=O)c1cc(N)cc(F)c1. The number of anilines is 1. The Morgan fingerprint density at radius 2 is 2.00 bits per heavy atom. The first kappa shape index (κ1) is 13.8. The summed E-state index contributed by atoms with van der Waals surface area (Å²) in [6.45, 7) is 0.745. The van der Waals surface area contributed by atoms with Crippen molar-refractivity contribution >= 4 is 11.6 Å². The van der Waals surface area contributed by atoms with Gasteiger partial charge < -0.3 is 10.6 Å². The van der Waals surface area contributed by atoms with Crippen molar-refractivity contribution in [1.29, 1.82) is 0 Å². The fourth-order valence-corrected chi connectivity index (χ4v) is 2.80. The van der Waals surface area contributed by atoms with Gasteiger partial charge in [-0.2, -0.15) is 0 Å². The van der Waals surface area contributed by atoms with Crippen molar-refractivity contribution in [2.24, 2.45) is 5.92 Å². The van der Waals surface area contributed by atoms with E-state index >= 15 is 0 Å². The average Bonchev–Trinajstić information content (AvgIpc) is 2.37. The summed E-state index contributed by atoms with van der Waals surface area (Å²) in [4.78, 5) is 13.9. The number of halogens is 1. The maximum atomic E-state index is 13.3. The third-order valence-corrected chi connectivity index (χ3v) is 3.77. The van der Waals surface area contributed by atoms with Crippen LogP contribution in [-0.4, -0.2) is 24.4 Å². The Bertz CT molecular complexity index is 435. The highest BCUT2D eigenvalue weighted by molar-refractivity contribution is 5.94. The van der Waals surface area contributed by atoms with Gasteiger partial charge in [-0.3, -0.25) is 4.79 Å². The summed E-state index contributed by atoms with van der Waals surface area (Å²) < 4.78 is 13.3. The van der Waals surface area contributed by atoms with Gasteiger partial charge in [0.1, 0.15) is 5.82 Å². The van der Waals surface area contributed by atoms with Crippen LogP contribution in [0.4, 0.5) is 10.1 Å². The fraction of sp³-hybridized carbons (Fsp3) is 0.533. The lowest BCUT2D eigenvalue weighted by molar-refractivity contribution is 0.0760. The molecule has 1 aromatic rings. The second-order valence-corrected chi connectivity index (χ2v) is 5.46. The van der Waals surface area contributed by atoms with E-state index in [0.29, 0.717) is 11.5 Å². The number of benzene rings is 1. The Balaban J connectivity index is 2.01. The first-order valence-corrected chi connectivity index (χ1v) is 6.88. The van der Waals surface area contributed by atoms with Crippen LogP contribution in [0.3, 0.4) is 0 Å². The minimum Gasteiger partial charge on any atom is -0.399 e. The predicted octanol–water partition coefficient (Wildman–Crippen LogP) is 3.06. The topological polar surface area (TPSA) is 46.3 Å². The summed E-state index contributed by atoms with van der Waals surface area (Å²) in [5.41, 5.74) is 6.19. The molecule has 0 aliphatic heterocycles. The molecule has 104 valence electrons. The van der Waals surface area contributed by atoms with Gasteiger partial charge >= 0.3 is 0 Å².